The van der Waals surface area contributed by atoms with Crippen molar-refractivity contribution in [3.8, 4) is 0 Å². The van der Waals surface area contributed by atoms with Crippen molar-refractivity contribution in [2.45, 2.75) is 78.4 Å². The Balaban J connectivity index is 1.89. The van der Waals surface area contributed by atoms with Crippen molar-refractivity contribution in [3.05, 3.63) is 0 Å². The Morgan fingerprint density at radius 2 is 1.65 bits per heavy atom. The Morgan fingerprint density at radius 3 is 2.19 bits per heavy atom. The summed E-state index contributed by atoms with van der Waals surface area (Å²) in [5.41, 5.74) is -0.417. The lowest BCUT2D eigenvalue weighted by molar-refractivity contribution is 0.00487. The minimum absolute atomic E-state index is 0.163. The molecule has 26 heavy (non-hydrogen) atoms. The fourth-order valence-electron chi connectivity index (χ4n) is 4.20. The summed E-state index contributed by atoms with van der Waals surface area (Å²) >= 11 is 0. The molecule has 1 aliphatic heterocycles. The van der Waals surface area contributed by atoms with Crippen LogP contribution < -0.4 is 5.32 Å². The molecule has 0 aromatic carbocycles. The van der Waals surface area contributed by atoms with E-state index in [0.29, 0.717) is 12.0 Å². The average Bonchev–Trinajstić information content (AvgIpc) is 2.58. The molecule has 0 aromatic heterocycles. The van der Waals surface area contributed by atoms with Gasteiger partial charge in [-0.05, 0) is 52.0 Å². The number of piperazine rings is 1. The Hall–Kier alpha value is -0.810. The first-order valence-electron chi connectivity index (χ1n) is 10.7. The second-order valence-electron chi connectivity index (χ2n) is 9.52. The number of hydrogen-bond acceptors (Lipinski definition) is 4. The van der Waals surface area contributed by atoms with Gasteiger partial charge in [-0.2, -0.15) is 0 Å². The van der Waals surface area contributed by atoms with Crippen molar-refractivity contribution in [3.63, 3.8) is 0 Å². The summed E-state index contributed by atoms with van der Waals surface area (Å²) in [6, 6.07) is 0.606. The highest BCUT2D eigenvalue weighted by Gasteiger charge is 2.32. The van der Waals surface area contributed by atoms with Crippen LogP contribution in [0.25, 0.3) is 0 Å². The smallest absolute Gasteiger partial charge is 0.410 e. The van der Waals surface area contributed by atoms with Crippen molar-refractivity contribution in [1.82, 2.24) is 15.1 Å². The third kappa shape index (κ3) is 7.07. The molecule has 5 nitrogen and oxygen atoms in total. The molecule has 1 heterocycles. The summed E-state index contributed by atoms with van der Waals surface area (Å²) in [5, 5.41) is 3.70. The van der Waals surface area contributed by atoms with Gasteiger partial charge in [0, 0.05) is 38.8 Å². The molecular weight excluding hydrogens is 326 g/mol. The van der Waals surface area contributed by atoms with Gasteiger partial charge in [-0.1, -0.05) is 33.1 Å². The SMILES string of the molecule is CC(C)CNCC(C1CCCCC1)N1CCN(C(=O)OC(C)(C)C)CC1. The molecule has 1 atom stereocenters. The highest BCUT2D eigenvalue weighted by Crippen LogP contribution is 2.29. The second kappa shape index (κ2) is 9.93. The number of rotatable bonds is 6. The lowest BCUT2D eigenvalue weighted by Gasteiger charge is -2.43. The number of nitrogens with one attached hydrogen (secondary N) is 1. The maximum atomic E-state index is 12.3. The zero-order chi connectivity index (χ0) is 19.2. The summed E-state index contributed by atoms with van der Waals surface area (Å²) in [6.07, 6.45) is 6.71. The van der Waals surface area contributed by atoms with Gasteiger partial charge in [0.05, 0.1) is 0 Å². The Labute approximate surface area is 160 Å². The van der Waals surface area contributed by atoms with Crippen molar-refractivity contribution in [2.75, 3.05) is 39.3 Å². The molecule has 2 aliphatic rings. The Morgan fingerprint density at radius 1 is 1.04 bits per heavy atom. The largest absolute Gasteiger partial charge is 0.444 e. The second-order valence-corrected chi connectivity index (χ2v) is 9.52. The van der Waals surface area contributed by atoms with E-state index >= 15 is 0 Å². The lowest BCUT2D eigenvalue weighted by Crippen LogP contribution is -2.57. The summed E-state index contributed by atoms with van der Waals surface area (Å²) in [7, 11) is 0. The number of hydrogen-bond donors (Lipinski definition) is 1. The van der Waals surface area contributed by atoms with E-state index in [1.807, 2.05) is 25.7 Å². The molecule has 0 spiro atoms. The van der Waals surface area contributed by atoms with Crippen molar-refractivity contribution < 1.29 is 9.53 Å². The number of ether oxygens (including phenoxy) is 1. The van der Waals surface area contributed by atoms with Crippen LogP contribution >= 0.6 is 0 Å². The van der Waals surface area contributed by atoms with Crippen molar-refractivity contribution >= 4 is 6.09 Å². The van der Waals surface area contributed by atoms with Crippen LogP contribution in [0.4, 0.5) is 4.79 Å². The monoisotopic (exact) mass is 367 g/mol. The van der Waals surface area contributed by atoms with Crippen LogP contribution in [0.1, 0.15) is 66.7 Å². The molecule has 1 saturated carbocycles. The van der Waals surface area contributed by atoms with E-state index in [-0.39, 0.29) is 6.09 Å². The van der Waals surface area contributed by atoms with Gasteiger partial charge in [0.1, 0.15) is 5.60 Å². The van der Waals surface area contributed by atoms with Crippen LogP contribution in [-0.4, -0.2) is 66.8 Å². The standard InChI is InChI=1S/C21H41N3O2/c1-17(2)15-22-16-19(18-9-7-6-8-10-18)23-11-13-24(14-12-23)20(25)26-21(3,4)5/h17-19,22H,6-16H2,1-5H3. The average molecular weight is 368 g/mol. The summed E-state index contributed by atoms with van der Waals surface area (Å²) in [5.74, 6) is 1.49. The predicted octanol–water partition coefficient (Wildman–Crippen LogP) is 3.73. The van der Waals surface area contributed by atoms with Crippen LogP contribution in [0.15, 0.2) is 0 Å². The minimum atomic E-state index is -0.417. The molecule has 2 fully saturated rings. The molecule has 2 rings (SSSR count). The molecule has 1 aliphatic carbocycles. The van der Waals surface area contributed by atoms with Crippen LogP contribution in [0.5, 0.6) is 0 Å². The molecule has 1 amide bonds. The highest BCUT2D eigenvalue weighted by molar-refractivity contribution is 5.68. The van der Waals surface area contributed by atoms with E-state index in [1.165, 1.54) is 32.1 Å². The van der Waals surface area contributed by atoms with Gasteiger partial charge in [0.25, 0.3) is 0 Å². The molecular formula is C21H41N3O2. The fourth-order valence-corrected chi connectivity index (χ4v) is 4.20. The molecule has 1 unspecified atom stereocenters. The van der Waals surface area contributed by atoms with E-state index in [4.69, 9.17) is 4.74 Å². The number of carbonyl (C=O) groups is 1. The van der Waals surface area contributed by atoms with E-state index in [0.717, 1.165) is 45.2 Å². The molecule has 0 radical (unpaired) electrons. The third-order valence-electron chi connectivity index (χ3n) is 5.54. The van der Waals surface area contributed by atoms with Gasteiger partial charge in [-0.15, -0.1) is 0 Å². The minimum Gasteiger partial charge on any atom is -0.444 e. The van der Waals surface area contributed by atoms with Crippen LogP contribution in [-0.2, 0) is 4.74 Å². The van der Waals surface area contributed by atoms with E-state index in [2.05, 4.69) is 24.1 Å². The number of nitrogens with zero attached hydrogens (tertiary/aromatic N) is 2. The molecule has 152 valence electrons. The topological polar surface area (TPSA) is 44.8 Å². The van der Waals surface area contributed by atoms with Crippen molar-refractivity contribution in [2.24, 2.45) is 11.8 Å². The summed E-state index contributed by atoms with van der Waals surface area (Å²) in [6.45, 7) is 16.0. The zero-order valence-corrected chi connectivity index (χ0v) is 17.7. The first-order valence-corrected chi connectivity index (χ1v) is 10.7. The first-order chi connectivity index (χ1) is 12.3. The van der Waals surface area contributed by atoms with Crippen molar-refractivity contribution in [1.29, 1.82) is 0 Å². The maximum absolute atomic E-state index is 12.3. The van der Waals surface area contributed by atoms with Gasteiger partial charge in [0.15, 0.2) is 0 Å². The van der Waals surface area contributed by atoms with Crippen LogP contribution in [0.2, 0.25) is 0 Å². The van der Waals surface area contributed by atoms with E-state index in [9.17, 15) is 4.79 Å². The third-order valence-corrected chi connectivity index (χ3v) is 5.54. The van der Waals surface area contributed by atoms with Crippen LogP contribution in [0, 0.1) is 11.8 Å². The Bertz CT molecular complexity index is 419. The van der Waals surface area contributed by atoms with Gasteiger partial charge in [-0.3, -0.25) is 4.90 Å². The van der Waals surface area contributed by atoms with Crippen LogP contribution in [0.3, 0.4) is 0 Å². The van der Waals surface area contributed by atoms with E-state index < -0.39 is 5.60 Å². The zero-order valence-electron chi connectivity index (χ0n) is 17.7. The molecule has 0 aromatic rings. The van der Waals surface area contributed by atoms with Gasteiger partial charge in [0.2, 0.25) is 0 Å². The van der Waals surface area contributed by atoms with E-state index in [1.54, 1.807) is 0 Å². The fraction of sp³-hybridized carbons (Fsp3) is 0.952. The summed E-state index contributed by atoms with van der Waals surface area (Å²) in [4.78, 5) is 16.8. The molecule has 1 N–H and O–H groups in total. The van der Waals surface area contributed by atoms with Gasteiger partial charge >= 0.3 is 6.09 Å². The quantitative estimate of drug-likeness (QED) is 0.777. The predicted molar refractivity (Wildman–Crippen MR) is 107 cm³/mol. The Kier molecular flexibility index (Phi) is 8.21. The lowest BCUT2D eigenvalue weighted by atomic mass is 9.83. The van der Waals surface area contributed by atoms with Gasteiger partial charge in [-0.25, -0.2) is 4.79 Å². The first kappa shape index (κ1) is 21.5. The molecule has 0 bridgehead atoms. The number of amides is 1. The molecule has 5 heteroatoms. The maximum Gasteiger partial charge on any atom is 0.410 e. The molecule has 1 saturated heterocycles. The number of carbonyl (C=O) groups excluding carboxylic acids is 1. The summed E-state index contributed by atoms with van der Waals surface area (Å²) < 4.78 is 5.54. The normalized spacial score (nSPS) is 21.8. The van der Waals surface area contributed by atoms with Gasteiger partial charge < -0.3 is 15.0 Å². The highest BCUT2D eigenvalue weighted by atomic mass is 16.6.